The third-order valence-electron chi connectivity index (χ3n) is 6.53. The van der Waals surface area contributed by atoms with Crippen LogP contribution in [0.15, 0.2) is 36.5 Å². The van der Waals surface area contributed by atoms with Crippen molar-refractivity contribution in [2.75, 3.05) is 55.9 Å². The number of anilines is 2. The third-order valence-corrected chi connectivity index (χ3v) is 6.53. The second kappa shape index (κ2) is 9.81. The van der Waals surface area contributed by atoms with Crippen LogP contribution in [0.2, 0.25) is 0 Å². The summed E-state index contributed by atoms with van der Waals surface area (Å²) in [6, 6.07) is 8.92. The van der Waals surface area contributed by atoms with Crippen molar-refractivity contribution in [1.82, 2.24) is 9.88 Å². The van der Waals surface area contributed by atoms with Gasteiger partial charge >= 0.3 is 5.97 Å². The second-order valence-electron chi connectivity index (χ2n) is 8.73. The summed E-state index contributed by atoms with van der Waals surface area (Å²) in [5.74, 6) is 1.21. The van der Waals surface area contributed by atoms with Crippen molar-refractivity contribution in [3.05, 3.63) is 42.1 Å². The fourth-order valence-electron chi connectivity index (χ4n) is 4.71. The molecular formula is C25H28N4O6. The molecule has 184 valence electrons. The first-order valence-corrected chi connectivity index (χ1v) is 11.9. The molecule has 2 saturated heterocycles. The summed E-state index contributed by atoms with van der Waals surface area (Å²) in [5.41, 5.74) is 1.13. The highest BCUT2D eigenvalue weighted by Gasteiger charge is 2.38. The van der Waals surface area contributed by atoms with Gasteiger partial charge in [0.1, 0.15) is 5.82 Å². The van der Waals surface area contributed by atoms with Crippen LogP contribution in [-0.2, 0) is 14.3 Å². The van der Waals surface area contributed by atoms with Crippen LogP contribution in [0.4, 0.5) is 11.5 Å². The van der Waals surface area contributed by atoms with Gasteiger partial charge < -0.3 is 28.9 Å². The van der Waals surface area contributed by atoms with Gasteiger partial charge in [-0.05, 0) is 37.6 Å². The highest BCUT2D eigenvalue weighted by molar-refractivity contribution is 6.00. The van der Waals surface area contributed by atoms with Gasteiger partial charge in [-0.3, -0.25) is 9.59 Å². The fraction of sp³-hybridized carbons (Fsp3) is 0.440. The van der Waals surface area contributed by atoms with Gasteiger partial charge in [-0.25, -0.2) is 9.78 Å². The topological polar surface area (TPSA) is 102 Å². The zero-order chi connectivity index (χ0) is 24.4. The van der Waals surface area contributed by atoms with E-state index in [0.29, 0.717) is 55.5 Å². The maximum Gasteiger partial charge on any atom is 0.339 e. The van der Waals surface area contributed by atoms with Gasteiger partial charge in [0.2, 0.25) is 18.6 Å². The van der Waals surface area contributed by atoms with Crippen LogP contribution in [0.5, 0.6) is 11.5 Å². The molecule has 2 fully saturated rings. The van der Waals surface area contributed by atoms with Gasteiger partial charge in [0.25, 0.3) is 0 Å². The molecule has 2 aromatic rings. The molecule has 0 bridgehead atoms. The molecule has 1 atom stereocenters. The van der Waals surface area contributed by atoms with Gasteiger partial charge in [0.05, 0.1) is 18.1 Å². The van der Waals surface area contributed by atoms with E-state index in [1.807, 2.05) is 17.0 Å². The normalized spacial score (nSPS) is 19.6. The standard InChI is InChI=1S/C25H28N4O6/c1-2-33-25(32)17-4-7-22(26-14-17)27-8-3-9-28(11-10-27)24(31)18-12-23(30)29(15-18)19-5-6-20-21(13-19)35-16-34-20/h4-7,13-14,18H,2-3,8-12,15-16H2,1H3. The van der Waals surface area contributed by atoms with Crippen molar-refractivity contribution in [3.63, 3.8) is 0 Å². The number of fused-ring (bicyclic) bond motifs is 1. The Balaban J connectivity index is 1.19. The van der Waals surface area contributed by atoms with E-state index in [9.17, 15) is 14.4 Å². The Morgan fingerprint density at radius 2 is 1.94 bits per heavy atom. The fourth-order valence-corrected chi connectivity index (χ4v) is 4.71. The lowest BCUT2D eigenvalue weighted by atomic mass is 10.1. The van der Waals surface area contributed by atoms with Crippen LogP contribution >= 0.6 is 0 Å². The predicted octanol–water partition coefficient (Wildman–Crippen LogP) is 2.08. The Labute approximate surface area is 203 Å². The van der Waals surface area contributed by atoms with Gasteiger partial charge in [-0.2, -0.15) is 0 Å². The molecule has 0 radical (unpaired) electrons. The minimum absolute atomic E-state index is 0.00839. The molecule has 4 heterocycles. The van der Waals surface area contributed by atoms with Gasteiger partial charge in [0, 0.05) is 57.1 Å². The summed E-state index contributed by atoms with van der Waals surface area (Å²) in [4.78, 5) is 47.9. The Hall–Kier alpha value is -3.82. The Kier molecular flexibility index (Phi) is 6.43. The molecule has 1 aromatic carbocycles. The van der Waals surface area contributed by atoms with Crippen molar-refractivity contribution in [3.8, 4) is 11.5 Å². The summed E-state index contributed by atoms with van der Waals surface area (Å²) in [7, 11) is 0. The van der Waals surface area contributed by atoms with Crippen molar-refractivity contribution < 1.29 is 28.6 Å². The van der Waals surface area contributed by atoms with E-state index >= 15 is 0 Å². The molecule has 3 aliphatic rings. The van der Waals surface area contributed by atoms with E-state index in [1.54, 1.807) is 30.0 Å². The summed E-state index contributed by atoms with van der Waals surface area (Å²) in [6.45, 7) is 5.17. The molecule has 1 unspecified atom stereocenters. The lowest BCUT2D eigenvalue weighted by Gasteiger charge is -2.25. The molecule has 0 aliphatic carbocycles. The Bertz CT molecular complexity index is 1120. The van der Waals surface area contributed by atoms with Crippen LogP contribution in [-0.4, -0.2) is 73.8 Å². The van der Waals surface area contributed by atoms with Crippen molar-refractivity contribution >= 4 is 29.3 Å². The number of carbonyl (C=O) groups excluding carboxylic acids is 3. The minimum Gasteiger partial charge on any atom is -0.462 e. The minimum atomic E-state index is -0.389. The Morgan fingerprint density at radius 3 is 2.74 bits per heavy atom. The van der Waals surface area contributed by atoms with Crippen LogP contribution in [0, 0.1) is 5.92 Å². The monoisotopic (exact) mass is 480 g/mol. The number of ether oxygens (including phenoxy) is 3. The maximum absolute atomic E-state index is 13.3. The molecule has 35 heavy (non-hydrogen) atoms. The smallest absolute Gasteiger partial charge is 0.339 e. The first-order valence-electron chi connectivity index (χ1n) is 11.9. The van der Waals surface area contributed by atoms with E-state index < -0.39 is 0 Å². The van der Waals surface area contributed by atoms with Crippen LogP contribution in [0.25, 0.3) is 0 Å². The SMILES string of the molecule is CCOC(=O)c1ccc(N2CCCN(C(=O)C3CC(=O)N(c4ccc5c(c4)OCO5)C3)CC2)nc1. The first kappa shape index (κ1) is 22.9. The van der Waals surface area contributed by atoms with Crippen LogP contribution in [0.1, 0.15) is 30.1 Å². The zero-order valence-corrected chi connectivity index (χ0v) is 19.6. The highest BCUT2D eigenvalue weighted by Crippen LogP contribution is 2.37. The van der Waals surface area contributed by atoms with Crippen molar-refractivity contribution in [2.45, 2.75) is 19.8 Å². The number of carbonyl (C=O) groups is 3. The number of hydrogen-bond acceptors (Lipinski definition) is 8. The lowest BCUT2D eigenvalue weighted by Crippen LogP contribution is -2.40. The largest absolute Gasteiger partial charge is 0.462 e. The van der Waals surface area contributed by atoms with E-state index in [2.05, 4.69) is 9.88 Å². The number of benzene rings is 1. The quantitative estimate of drug-likeness (QED) is 0.600. The molecular weight excluding hydrogens is 452 g/mol. The zero-order valence-electron chi connectivity index (χ0n) is 19.6. The first-order chi connectivity index (χ1) is 17.0. The van der Waals surface area contributed by atoms with Crippen LogP contribution < -0.4 is 19.3 Å². The van der Waals surface area contributed by atoms with Crippen molar-refractivity contribution in [2.24, 2.45) is 5.92 Å². The number of pyridine rings is 1. The number of amides is 2. The van der Waals surface area contributed by atoms with Crippen molar-refractivity contribution in [1.29, 1.82) is 0 Å². The average Bonchev–Trinajstić information content (AvgIpc) is 3.42. The summed E-state index contributed by atoms with van der Waals surface area (Å²) >= 11 is 0. The molecule has 5 rings (SSSR count). The summed E-state index contributed by atoms with van der Waals surface area (Å²) in [5, 5.41) is 0. The average molecular weight is 481 g/mol. The number of hydrogen-bond donors (Lipinski definition) is 0. The number of rotatable bonds is 5. The van der Waals surface area contributed by atoms with E-state index in [1.165, 1.54) is 6.20 Å². The Morgan fingerprint density at radius 1 is 1.09 bits per heavy atom. The lowest BCUT2D eigenvalue weighted by molar-refractivity contribution is -0.135. The molecule has 0 saturated carbocycles. The molecule has 10 nitrogen and oxygen atoms in total. The molecule has 10 heteroatoms. The van der Waals surface area contributed by atoms with Crippen LogP contribution in [0.3, 0.4) is 0 Å². The van der Waals surface area contributed by atoms with Gasteiger partial charge in [0.15, 0.2) is 11.5 Å². The predicted molar refractivity (Wildman–Crippen MR) is 127 cm³/mol. The molecule has 3 aliphatic heterocycles. The summed E-state index contributed by atoms with van der Waals surface area (Å²) < 4.78 is 15.8. The third kappa shape index (κ3) is 4.73. The molecule has 0 spiro atoms. The van der Waals surface area contributed by atoms with Gasteiger partial charge in [-0.1, -0.05) is 0 Å². The van der Waals surface area contributed by atoms with E-state index in [-0.39, 0.29) is 36.9 Å². The maximum atomic E-state index is 13.3. The van der Waals surface area contributed by atoms with E-state index in [4.69, 9.17) is 14.2 Å². The highest BCUT2D eigenvalue weighted by atomic mass is 16.7. The summed E-state index contributed by atoms with van der Waals surface area (Å²) in [6.07, 6.45) is 2.51. The number of esters is 1. The number of aromatic nitrogens is 1. The molecule has 0 N–H and O–H groups in total. The number of nitrogens with zero attached hydrogens (tertiary/aromatic N) is 4. The van der Waals surface area contributed by atoms with E-state index in [0.717, 1.165) is 18.8 Å². The molecule has 2 amide bonds. The molecule has 1 aromatic heterocycles. The second-order valence-corrected chi connectivity index (χ2v) is 8.73. The van der Waals surface area contributed by atoms with Gasteiger partial charge in [-0.15, -0.1) is 0 Å².